The first-order valence-corrected chi connectivity index (χ1v) is 8.13. The van der Waals surface area contributed by atoms with Gasteiger partial charge in [-0.3, -0.25) is 9.59 Å². The molecule has 0 aliphatic carbocycles. The first-order chi connectivity index (χ1) is 12.5. The SMILES string of the molecule is CNC(=O)c1ccc(C)c(NC(=O)c2nn(-c3ccccc3)nc2C)c1. The third kappa shape index (κ3) is 3.46. The number of aromatic nitrogens is 3. The van der Waals surface area contributed by atoms with Crippen molar-refractivity contribution in [1.29, 1.82) is 0 Å². The van der Waals surface area contributed by atoms with Crippen molar-refractivity contribution in [3.8, 4) is 5.69 Å². The number of benzene rings is 2. The lowest BCUT2D eigenvalue weighted by Crippen LogP contribution is -2.19. The summed E-state index contributed by atoms with van der Waals surface area (Å²) < 4.78 is 0. The van der Waals surface area contributed by atoms with Crippen molar-refractivity contribution in [1.82, 2.24) is 20.3 Å². The molecule has 0 radical (unpaired) electrons. The van der Waals surface area contributed by atoms with Crippen LogP contribution >= 0.6 is 0 Å². The van der Waals surface area contributed by atoms with Crippen molar-refractivity contribution in [2.45, 2.75) is 13.8 Å². The Labute approximate surface area is 151 Å². The van der Waals surface area contributed by atoms with Gasteiger partial charge in [-0.15, -0.1) is 5.10 Å². The number of nitrogens with zero attached hydrogens (tertiary/aromatic N) is 3. The number of carbonyl (C=O) groups excluding carboxylic acids is 2. The number of amides is 2. The van der Waals surface area contributed by atoms with E-state index in [0.29, 0.717) is 16.9 Å². The molecule has 1 heterocycles. The standard InChI is InChI=1S/C19H19N5O2/c1-12-9-10-14(18(25)20-3)11-16(12)21-19(26)17-13(2)22-24(23-17)15-7-5-4-6-8-15/h4-11H,1-3H3,(H,20,25)(H,21,26). The second-order valence-corrected chi connectivity index (χ2v) is 5.82. The molecule has 0 saturated heterocycles. The topological polar surface area (TPSA) is 88.9 Å². The van der Waals surface area contributed by atoms with E-state index in [2.05, 4.69) is 20.8 Å². The third-order valence-corrected chi connectivity index (χ3v) is 3.96. The summed E-state index contributed by atoms with van der Waals surface area (Å²) in [7, 11) is 1.56. The monoisotopic (exact) mass is 349 g/mol. The van der Waals surface area contributed by atoms with Crippen LogP contribution in [0.4, 0.5) is 5.69 Å². The number of para-hydroxylation sites is 1. The average Bonchev–Trinajstić information content (AvgIpc) is 3.05. The minimum absolute atomic E-state index is 0.216. The molecule has 0 spiro atoms. The summed E-state index contributed by atoms with van der Waals surface area (Å²) in [5.41, 5.74) is 3.40. The molecule has 0 aliphatic heterocycles. The van der Waals surface area contributed by atoms with Crippen molar-refractivity contribution in [2.75, 3.05) is 12.4 Å². The van der Waals surface area contributed by atoms with Crippen molar-refractivity contribution < 1.29 is 9.59 Å². The Bertz CT molecular complexity index is 963. The van der Waals surface area contributed by atoms with Crippen LogP contribution in [0.3, 0.4) is 0 Å². The van der Waals surface area contributed by atoms with E-state index < -0.39 is 0 Å². The van der Waals surface area contributed by atoms with E-state index in [9.17, 15) is 9.59 Å². The van der Waals surface area contributed by atoms with Crippen LogP contribution in [0, 0.1) is 13.8 Å². The van der Waals surface area contributed by atoms with E-state index in [0.717, 1.165) is 11.3 Å². The highest BCUT2D eigenvalue weighted by atomic mass is 16.2. The fourth-order valence-electron chi connectivity index (χ4n) is 2.49. The van der Waals surface area contributed by atoms with E-state index in [4.69, 9.17) is 0 Å². The van der Waals surface area contributed by atoms with E-state index in [1.165, 1.54) is 4.80 Å². The largest absolute Gasteiger partial charge is 0.355 e. The molecular weight excluding hydrogens is 330 g/mol. The molecule has 2 aromatic carbocycles. The van der Waals surface area contributed by atoms with Crippen LogP contribution in [0.1, 0.15) is 32.1 Å². The van der Waals surface area contributed by atoms with Gasteiger partial charge < -0.3 is 10.6 Å². The van der Waals surface area contributed by atoms with Gasteiger partial charge in [0.15, 0.2) is 5.69 Å². The zero-order valence-corrected chi connectivity index (χ0v) is 14.8. The number of hydrogen-bond donors (Lipinski definition) is 2. The summed E-state index contributed by atoms with van der Waals surface area (Å²) in [6, 6.07) is 14.5. The Morgan fingerprint density at radius 2 is 1.69 bits per heavy atom. The maximum Gasteiger partial charge on any atom is 0.278 e. The molecular formula is C19H19N5O2. The second-order valence-electron chi connectivity index (χ2n) is 5.82. The van der Waals surface area contributed by atoms with Gasteiger partial charge in [0.25, 0.3) is 11.8 Å². The quantitative estimate of drug-likeness (QED) is 0.757. The summed E-state index contributed by atoms with van der Waals surface area (Å²) in [6.45, 7) is 3.59. The molecule has 0 aliphatic rings. The minimum Gasteiger partial charge on any atom is -0.355 e. The Balaban J connectivity index is 1.87. The molecule has 0 unspecified atom stereocenters. The number of anilines is 1. The van der Waals surface area contributed by atoms with E-state index in [1.54, 1.807) is 32.2 Å². The van der Waals surface area contributed by atoms with Crippen LogP contribution in [-0.4, -0.2) is 33.9 Å². The van der Waals surface area contributed by atoms with Crippen LogP contribution in [-0.2, 0) is 0 Å². The fraction of sp³-hybridized carbons (Fsp3) is 0.158. The molecule has 7 nitrogen and oxygen atoms in total. The van der Waals surface area contributed by atoms with Gasteiger partial charge in [-0.05, 0) is 43.7 Å². The molecule has 0 fully saturated rings. The van der Waals surface area contributed by atoms with Gasteiger partial charge in [0.1, 0.15) is 0 Å². The highest BCUT2D eigenvalue weighted by Crippen LogP contribution is 2.18. The zero-order chi connectivity index (χ0) is 18.7. The summed E-state index contributed by atoms with van der Waals surface area (Å²) in [4.78, 5) is 25.9. The molecule has 3 rings (SSSR count). The highest BCUT2D eigenvalue weighted by molar-refractivity contribution is 6.05. The van der Waals surface area contributed by atoms with Crippen molar-refractivity contribution in [3.63, 3.8) is 0 Å². The normalized spacial score (nSPS) is 10.4. The zero-order valence-electron chi connectivity index (χ0n) is 14.8. The number of rotatable bonds is 4. The lowest BCUT2D eigenvalue weighted by molar-refractivity contribution is 0.0961. The van der Waals surface area contributed by atoms with Gasteiger partial charge in [0.2, 0.25) is 0 Å². The van der Waals surface area contributed by atoms with Crippen LogP contribution < -0.4 is 10.6 Å². The van der Waals surface area contributed by atoms with E-state index in [1.807, 2.05) is 37.3 Å². The molecule has 3 aromatic rings. The lowest BCUT2D eigenvalue weighted by atomic mass is 10.1. The summed E-state index contributed by atoms with van der Waals surface area (Å²) in [6.07, 6.45) is 0. The highest BCUT2D eigenvalue weighted by Gasteiger charge is 2.18. The molecule has 2 N–H and O–H groups in total. The molecule has 7 heteroatoms. The molecule has 1 aromatic heterocycles. The van der Waals surface area contributed by atoms with Crippen molar-refractivity contribution in [3.05, 3.63) is 71.0 Å². The maximum atomic E-state index is 12.7. The Hall–Kier alpha value is -3.48. The second kappa shape index (κ2) is 7.18. The van der Waals surface area contributed by atoms with E-state index in [-0.39, 0.29) is 17.5 Å². The van der Waals surface area contributed by atoms with Crippen LogP contribution in [0.25, 0.3) is 5.69 Å². The molecule has 0 bridgehead atoms. The summed E-state index contributed by atoms with van der Waals surface area (Å²) in [5.74, 6) is -0.589. The first kappa shape index (κ1) is 17.3. The van der Waals surface area contributed by atoms with Crippen LogP contribution in [0.2, 0.25) is 0 Å². The average molecular weight is 349 g/mol. The van der Waals surface area contributed by atoms with Crippen LogP contribution in [0.15, 0.2) is 48.5 Å². The molecule has 0 atom stereocenters. The summed E-state index contributed by atoms with van der Waals surface area (Å²) in [5, 5.41) is 14.0. The van der Waals surface area contributed by atoms with Gasteiger partial charge in [-0.25, -0.2) is 0 Å². The fourth-order valence-corrected chi connectivity index (χ4v) is 2.49. The predicted octanol–water partition coefficient (Wildman–Crippen LogP) is 2.50. The molecule has 26 heavy (non-hydrogen) atoms. The Morgan fingerprint density at radius 1 is 0.962 bits per heavy atom. The molecule has 0 saturated carbocycles. The summed E-state index contributed by atoms with van der Waals surface area (Å²) >= 11 is 0. The molecule has 2 amide bonds. The predicted molar refractivity (Wildman–Crippen MR) is 98.6 cm³/mol. The van der Waals surface area contributed by atoms with Gasteiger partial charge in [-0.1, -0.05) is 24.3 Å². The van der Waals surface area contributed by atoms with Crippen molar-refractivity contribution in [2.24, 2.45) is 0 Å². The first-order valence-electron chi connectivity index (χ1n) is 8.13. The van der Waals surface area contributed by atoms with Gasteiger partial charge >= 0.3 is 0 Å². The van der Waals surface area contributed by atoms with Crippen molar-refractivity contribution >= 4 is 17.5 Å². The number of carbonyl (C=O) groups is 2. The number of hydrogen-bond acceptors (Lipinski definition) is 4. The van der Waals surface area contributed by atoms with Gasteiger partial charge in [0, 0.05) is 18.3 Å². The Kier molecular flexibility index (Phi) is 4.79. The van der Waals surface area contributed by atoms with E-state index >= 15 is 0 Å². The third-order valence-electron chi connectivity index (χ3n) is 3.96. The van der Waals surface area contributed by atoms with Gasteiger partial charge in [-0.2, -0.15) is 9.90 Å². The van der Waals surface area contributed by atoms with Crippen LogP contribution in [0.5, 0.6) is 0 Å². The number of nitrogens with one attached hydrogen (secondary N) is 2. The van der Waals surface area contributed by atoms with Gasteiger partial charge in [0.05, 0.1) is 11.4 Å². The lowest BCUT2D eigenvalue weighted by Gasteiger charge is -2.09. The number of aryl methyl sites for hydroxylation is 2. The smallest absolute Gasteiger partial charge is 0.278 e. The minimum atomic E-state index is -0.373. The molecule has 132 valence electrons. The maximum absolute atomic E-state index is 12.7. The Morgan fingerprint density at radius 3 is 2.38 bits per heavy atom.